The lowest BCUT2D eigenvalue weighted by Gasteiger charge is -2.34. The zero-order chi connectivity index (χ0) is 29.4. The molecule has 2 amide bonds. The molecule has 1 N–H and O–H groups in total. The summed E-state index contributed by atoms with van der Waals surface area (Å²) in [6, 6.07) is 7.64. The smallest absolute Gasteiger partial charge is 0.433 e. The molecular weight excluding hydrogens is 543 g/mol. The highest BCUT2D eigenvalue weighted by atomic mass is 32.1. The third kappa shape index (κ3) is 6.83. The number of nitrogens with one attached hydrogen (secondary N) is 1. The van der Waals surface area contributed by atoms with Crippen LogP contribution in [0.2, 0.25) is 0 Å². The zero-order valence-electron chi connectivity index (χ0n) is 23.4. The van der Waals surface area contributed by atoms with E-state index in [-0.39, 0.29) is 11.7 Å². The fourth-order valence-corrected chi connectivity index (χ4v) is 5.42. The summed E-state index contributed by atoms with van der Waals surface area (Å²) in [6.45, 7) is 10.3. The van der Waals surface area contributed by atoms with Gasteiger partial charge >= 0.3 is 12.3 Å². The van der Waals surface area contributed by atoms with Crippen molar-refractivity contribution in [2.24, 2.45) is 5.92 Å². The Labute approximate surface area is 235 Å². The van der Waals surface area contributed by atoms with Gasteiger partial charge < -0.3 is 14.5 Å². The lowest BCUT2D eigenvalue weighted by molar-refractivity contribution is -0.141. The summed E-state index contributed by atoms with van der Waals surface area (Å²) >= 11 is 1.25. The molecule has 4 rings (SSSR count). The number of carbonyl (C=O) groups excluding carboxylic acids is 2. The Hall–Kier alpha value is -3.41. The number of pyridine rings is 1. The third-order valence-corrected chi connectivity index (χ3v) is 7.74. The standard InChI is InChI=1S/C28H34F3N5O3S/c1-16-11-13-36(14-12-16)23-20(9-10-22(33-23)28(29,30)31)35(6)24(37)17(2)18-7-8-19-21(15-18)40-25(32-19)34-26(38)39-27(3,4)5/h7-10,15-17H,11-14H2,1-6H3,(H,32,34,38). The highest BCUT2D eigenvalue weighted by Gasteiger charge is 2.35. The van der Waals surface area contributed by atoms with E-state index in [4.69, 9.17) is 4.74 Å². The second-order valence-corrected chi connectivity index (χ2v) is 12.2. The number of hydrogen-bond acceptors (Lipinski definition) is 7. The zero-order valence-corrected chi connectivity index (χ0v) is 24.2. The van der Waals surface area contributed by atoms with E-state index >= 15 is 0 Å². The van der Waals surface area contributed by atoms with Crippen LogP contribution in [0.3, 0.4) is 0 Å². The van der Waals surface area contributed by atoms with E-state index in [0.717, 1.165) is 23.6 Å². The minimum Gasteiger partial charge on any atom is -0.444 e. The fraction of sp³-hybridized carbons (Fsp3) is 0.500. The number of thiazole rings is 1. The van der Waals surface area contributed by atoms with Gasteiger partial charge in [0.2, 0.25) is 5.91 Å². The number of benzene rings is 1. The van der Waals surface area contributed by atoms with E-state index in [9.17, 15) is 22.8 Å². The Balaban J connectivity index is 1.57. The summed E-state index contributed by atoms with van der Waals surface area (Å²) in [7, 11) is 1.56. The van der Waals surface area contributed by atoms with Gasteiger partial charge in [0.05, 0.1) is 21.8 Å². The molecule has 1 saturated heterocycles. The van der Waals surface area contributed by atoms with Crippen LogP contribution in [0.1, 0.15) is 64.6 Å². The molecule has 0 saturated carbocycles. The van der Waals surface area contributed by atoms with Crippen molar-refractivity contribution >= 4 is 50.2 Å². The maximum atomic E-state index is 13.6. The molecule has 40 heavy (non-hydrogen) atoms. The van der Waals surface area contributed by atoms with E-state index in [1.807, 2.05) is 11.0 Å². The van der Waals surface area contributed by atoms with Gasteiger partial charge in [-0.3, -0.25) is 10.1 Å². The topological polar surface area (TPSA) is 87.7 Å². The van der Waals surface area contributed by atoms with Crippen LogP contribution in [0, 0.1) is 5.92 Å². The molecule has 0 radical (unpaired) electrons. The van der Waals surface area contributed by atoms with Crippen LogP contribution in [-0.2, 0) is 15.7 Å². The molecule has 1 aliphatic rings. The molecule has 1 fully saturated rings. The molecule has 1 aliphatic heterocycles. The van der Waals surface area contributed by atoms with Gasteiger partial charge in [-0.05, 0) is 76.3 Å². The van der Waals surface area contributed by atoms with Gasteiger partial charge in [0, 0.05) is 20.1 Å². The van der Waals surface area contributed by atoms with Crippen LogP contribution < -0.4 is 15.1 Å². The lowest BCUT2D eigenvalue weighted by atomic mass is 9.98. The fourth-order valence-electron chi connectivity index (χ4n) is 4.52. The molecule has 8 nitrogen and oxygen atoms in total. The van der Waals surface area contributed by atoms with E-state index in [1.54, 1.807) is 46.9 Å². The molecule has 3 heterocycles. The van der Waals surface area contributed by atoms with Crippen molar-refractivity contribution in [3.8, 4) is 0 Å². The Bertz CT molecular complexity index is 1390. The molecule has 12 heteroatoms. The Morgan fingerprint density at radius 2 is 1.80 bits per heavy atom. The number of halogens is 3. The number of piperidine rings is 1. The number of ether oxygens (including phenoxy) is 1. The number of hydrogen-bond donors (Lipinski definition) is 1. The average Bonchev–Trinajstić information content (AvgIpc) is 3.27. The number of fused-ring (bicyclic) bond motifs is 1. The maximum absolute atomic E-state index is 13.6. The van der Waals surface area contributed by atoms with Crippen molar-refractivity contribution in [1.29, 1.82) is 0 Å². The predicted octanol–water partition coefficient (Wildman–Crippen LogP) is 7.06. The average molecular weight is 578 g/mol. The molecule has 2 aromatic heterocycles. The molecule has 0 bridgehead atoms. The Kier molecular flexibility index (Phi) is 8.30. The maximum Gasteiger partial charge on any atom is 0.433 e. The van der Waals surface area contributed by atoms with Gasteiger partial charge in [-0.2, -0.15) is 13.2 Å². The summed E-state index contributed by atoms with van der Waals surface area (Å²) < 4.78 is 46.6. The number of nitrogens with zero attached hydrogens (tertiary/aromatic N) is 4. The summed E-state index contributed by atoms with van der Waals surface area (Å²) in [5.74, 6) is -0.244. The van der Waals surface area contributed by atoms with E-state index in [1.165, 1.54) is 22.3 Å². The van der Waals surface area contributed by atoms with Crippen molar-refractivity contribution in [3.05, 3.63) is 41.6 Å². The molecule has 0 spiro atoms. The van der Waals surface area contributed by atoms with Crippen LogP contribution in [0.15, 0.2) is 30.3 Å². The quantitative estimate of drug-likeness (QED) is 0.349. The van der Waals surface area contributed by atoms with E-state index in [0.29, 0.717) is 40.9 Å². The second-order valence-electron chi connectivity index (χ2n) is 11.2. The van der Waals surface area contributed by atoms with Gasteiger partial charge in [-0.25, -0.2) is 14.8 Å². The number of anilines is 3. The molecule has 0 aliphatic carbocycles. The van der Waals surface area contributed by atoms with Gasteiger partial charge in [0.25, 0.3) is 0 Å². The molecule has 216 valence electrons. The first-order valence-electron chi connectivity index (χ1n) is 13.1. The number of aromatic nitrogens is 2. The summed E-state index contributed by atoms with van der Waals surface area (Å²) in [5, 5.41) is 3.00. The monoisotopic (exact) mass is 577 g/mol. The largest absolute Gasteiger partial charge is 0.444 e. The SMILES string of the molecule is CC1CCN(c2nc(C(F)(F)F)ccc2N(C)C(=O)C(C)c2ccc3nc(NC(=O)OC(C)(C)C)sc3c2)CC1. The van der Waals surface area contributed by atoms with Crippen molar-refractivity contribution in [2.75, 3.05) is 35.3 Å². The number of likely N-dealkylation sites (N-methyl/N-ethyl adjacent to an activating group) is 1. The summed E-state index contributed by atoms with van der Waals surface area (Å²) in [4.78, 5) is 37.3. The minimum absolute atomic E-state index is 0.167. The van der Waals surface area contributed by atoms with E-state index in [2.05, 4.69) is 22.2 Å². The first-order chi connectivity index (χ1) is 18.6. The van der Waals surface area contributed by atoms with Crippen LogP contribution in [-0.4, -0.2) is 47.7 Å². The second kappa shape index (κ2) is 11.2. The highest BCUT2D eigenvalue weighted by molar-refractivity contribution is 7.22. The molecule has 1 unspecified atom stereocenters. The predicted molar refractivity (Wildman–Crippen MR) is 151 cm³/mol. The minimum atomic E-state index is -4.59. The van der Waals surface area contributed by atoms with Crippen LogP contribution in [0.25, 0.3) is 10.2 Å². The van der Waals surface area contributed by atoms with Gasteiger partial charge in [-0.1, -0.05) is 24.3 Å². The van der Waals surface area contributed by atoms with Gasteiger partial charge in [0.15, 0.2) is 10.9 Å². The lowest BCUT2D eigenvalue weighted by Crippen LogP contribution is -2.37. The van der Waals surface area contributed by atoms with Crippen molar-refractivity contribution in [1.82, 2.24) is 9.97 Å². The number of carbonyl (C=O) groups is 2. The Morgan fingerprint density at radius 3 is 2.42 bits per heavy atom. The normalized spacial score (nSPS) is 15.7. The number of amides is 2. The van der Waals surface area contributed by atoms with E-state index < -0.39 is 29.5 Å². The number of rotatable bonds is 5. The van der Waals surface area contributed by atoms with Gasteiger partial charge in [0.1, 0.15) is 11.3 Å². The highest BCUT2D eigenvalue weighted by Crippen LogP contribution is 2.37. The molecule has 3 aromatic rings. The van der Waals surface area contributed by atoms with Crippen LogP contribution in [0.5, 0.6) is 0 Å². The van der Waals surface area contributed by atoms with Crippen molar-refractivity contribution in [3.63, 3.8) is 0 Å². The van der Waals surface area contributed by atoms with Crippen molar-refractivity contribution in [2.45, 2.75) is 65.2 Å². The summed E-state index contributed by atoms with van der Waals surface area (Å²) in [5.41, 5.74) is 0.0729. The number of alkyl halides is 3. The van der Waals surface area contributed by atoms with Crippen molar-refractivity contribution < 1.29 is 27.5 Å². The molecule has 1 aromatic carbocycles. The Morgan fingerprint density at radius 1 is 1.12 bits per heavy atom. The first-order valence-corrected chi connectivity index (χ1v) is 14.0. The van der Waals surface area contributed by atoms with Crippen LogP contribution in [0.4, 0.5) is 34.6 Å². The molecular formula is C28H34F3N5O3S. The first kappa shape index (κ1) is 29.6. The van der Waals surface area contributed by atoms with Crippen LogP contribution >= 0.6 is 11.3 Å². The van der Waals surface area contributed by atoms with Gasteiger partial charge in [-0.15, -0.1) is 0 Å². The molecule has 1 atom stereocenters. The third-order valence-electron chi connectivity index (χ3n) is 6.81. The summed E-state index contributed by atoms with van der Waals surface area (Å²) in [6.07, 6.45) is -3.52.